The summed E-state index contributed by atoms with van der Waals surface area (Å²) in [6, 6.07) is 0.736. The molecular formula is C3H5O2Si. The fraction of sp³-hybridized carbons (Fsp3) is 1.00. The number of hydrogen-bond donors (Lipinski definition) is 0. The van der Waals surface area contributed by atoms with Crippen LogP contribution in [0.3, 0.4) is 0 Å². The van der Waals surface area contributed by atoms with Gasteiger partial charge < -0.3 is 9.20 Å². The van der Waals surface area contributed by atoms with E-state index in [1.165, 1.54) is 0 Å². The van der Waals surface area contributed by atoms with E-state index in [0.717, 1.165) is 12.7 Å². The molecule has 1 radical (unpaired) electrons. The van der Waals surface area contributed by atoms with Crippen molar-refractivity contribution >= 4 is 9.41 Å². The number of hydrogen-bond acceptors (Lipinski definition) is 2. The van der Waals surface area contributed by atoms with Crippen molar-refractivity contribution in [3.05, 3.63) is 0 Å². The van der Waals surface area contributed by atoms with E-state index in [1.54, 1.807) is 0 Å². The van der Waals surface area contributed by atoms with Crippen molar-refractivity contribution in [2.45, 2.75) is 12.1 Å². The summed E-state index contributed by atoms with van der Waals surface area (Å²) in [5.74, 6) is 0. The minimum absolute atomic E-state index is 0.174. The van der Waals surface area contributed by atoms with Crippen LogP contribution in [0.4, 0.5) is 0 Å². The molecule has 33 valence electrons. The number of ether oxygens (including phenoxy) is 1. The second kappa shape index (κ2) is 1.62. The van der Waals surface area contributed by atoms with Crippen molar-refractivity contribution in [3.63, 3.8) is 0 Å². The van der Waals surface area contributed by atoms with Crippen LogP contribution in [0.1, 0.15) is 0 Å². The highest BCUT2D eigenvalue weighted by Gasteiger charge is 2.21. The van der Waals surface area contributed by atoms with Crippen LogP contribution < -0.4 is 0 Å². The Kier molecular flexibility index (Phi) is 1.12. The molecule has 1 atom stereocenters. The van der Waals surface area contributed by atoms with Gasteiger partial charge in [0.1, 0.15) is 0 Å². The molecule has 1 saturated heterocycles. The van der Waals surface area contributed by atoms with Gasteiger partial charge in [-0.1, -0.05) is 0 Å². The topological polar surface area (TPSA) is 29.6 Å². The van der Waals surface area contributed by atoms with E-state index >= 15 is 0 Å². The van der Waals surface area contributed by atoms with Crippen molar-refractivity contribution in [1.82, 2.24) is 0 Å². The Bertz CT molecular complexity index is 59.8. The molecule has 1 aliphatic rings. The summed E-state index contributed by atoms with van der Waals surface area (Å²) >= 11 is 0. The Morgan fingerprint density at radius 1 is 2.00 bits per heavy atom. The summed E-state index contributed by atoms with van der Waals surface area (Å²) < 4.78 is 14.5. The zero-order chi connectivity index (χ0) is 4.41. The molecule has 0 bridgehead atoms. The molecule has 1 rings (SSSR count). The molecule has 0 saturated carbocycles. The van der Waals surface area contributed by atoms with Crippen molar-refractivity contribution in [2.75, 3.05) is 6.61 Å². The SMILES string of the molecule is O=[Si]CC1CO1. The zero-order valence-electron chi connectivity index (χ0n) is 3.31. The minimum Gasteiger partial charge on any atom is -0.385 e. The molecule has 0 spiro atoms. The van der Waals surface area contributed by atoms with Gasteiger partial charge >= 0.3 is 9.41 Å². The Morgan fingerprint density at radius 3 is 2.83 bits per heavy atom. The molecule has 0 aromatic carbocycles. The number of epoxide rings is 1. The average Bonchev–Trinajstić information content (AvgIpc) is 2.21. The molecule has 1 unspecified atom stereocenters. The predicted molar refractivity (Wildman–Crippen MR) is 21.0 cm³/mol. The Morgan fingerprint density at radius 2 is 2.67 bits per heavy atom. The van der Waals surface area contributed by atoms with Crippen molar-refractivity contribution in [3.8, 4) is 0 Å². The van der Waals surface area contributed by atoms with E-state index in [4.69, 9.17) is 4.74 Å². The molecule has 0 aliphatic carbocycles. The van der Waals surface area contributed by atoms with E-state index in [2.05, 4.69) is 0 Å². The summed E-state index contributed by atoms with van der Waals surface area (Å²) in [6.07, 6.45) is 0.348. The largest absolute Gasteiger partial charge is 0.385 e. The van der Waals surface area contributed by atoms with E-state index in [9.17, 15) is 4.46 Å². The van der Waals surface area contributed by atoms with E-state index < -0.39 is 0 Å². The van der Waals surface area contributed by atoms with Gasteiger partial charge in [-0.05, 0) is 0 Å². The van der Waals surface area contributed by atoms with E-state index in [-0.39, 0.29) is 9.41 Å². The molecule has 2 nitrogen and oxygen atoms in total. The summed E-state index contributed by atoms with van der Waals surface area (Å²) in [7, 11) is -0.174. The molecule has 0 amide bonds. The van der Waals surface area contributed by atoms with Gasteiger partial charge in [0.15, 0.2) is 0 Å². The van der Waals surface area contributed by atoms with Crippen LogP contribution in [0, 0.1) is 0 Å². The molecule has 1 aliphatic heterocycles. The lowest BCUT2D eigenvalue weighted by atomic mass is 10.6. The van der Waals surface area contributed by atoms with Crippen LogP contribution in [0.15, 0.2) is 0 Å². The van der Waals surface area contributed by atoms with Crippen LogP contribution in [-0.4, -0.2) is 22.1 Å². The van der Waals surface area contributed by atoms with Gasteiger partial charge in [-0.2, -0.15) is 0 Å². The maximum atomic E-state index is 9.73. The van der Waals surface area contributed by atoms with Gasteiger partial charge in [0.2, 0.25) is 0 Å². The van der Waals surface area contributed by atoms with Gasteiger partial charge in [-0.25, -0.2) is 0 Å². The average molecular weight is 101 g/mol. The quantitative estimate of drug-likeness (QED) is 0.357. The first-order valence-electron chi connectivity index (χ1n) is 1.90. The van der Waals surface area contributed by atoms with Crippen molar-refractivity contribution in [2.24, 2.45) is 0 Å². The van der Waals surface area contributed by atoms with Crippen LogP contribution in [-0.2, 0) is 9.20 Å². The third kappa shape index (κ3) is 0.987. The highest BCUT2D eigenvalue weighted by molar-refractivity contribution is 6.17. The van der Waals surface area contributed by atoms with Crippen LogP contribution in [0.5, 0.6) is 0 Å². The fourth-order valence-corrected chi connectivity index (χ4v) is 0.700. The van der Waals surface area contributed by atoms with Gasteiger partial charge in [-0.3, -0.25) is 0 Å². The first kappa shape index (κ1) is 4.14. The second-order valence-electron chi connectivity index (χ2n) is 1.30. The smallest absolute Gasteiger partial charge is 0.328 e. The summed E-state index contributed by atoms with van der Waals surface area (Å²) in [4.78, 5) is 0. The van der Waals surface area contributed by atoms with Crippen LogP contribution in [0.2, 0.25) is 6.04 Å². The van der Waals surface area contributed by atoms with Crippen molar-refractivity contribution < 1.29 is 9.20 Å². The first-order valence-corrected chi connectivity index (χ1v) is 3.01. The summed E-state index contributed by atoms with van der Waals surface area (Å²) in [5, 5.41) is 0. The summed E-state index contributed by atoms with van der Waals surface area (Å²) in [6.45, 7) is 0.829. The predicted octanol–water partition coefficient (Wildman–Crippen LogP) is -0.147. The van der Waals surface area contributed by atoms with E-state index in [1.807, 2.05) is 0 Å². The monoisotopic (exact) mass is 101 g/mol. The molecule has 1 fully saturated rings. The standard InChI is InChI=1S/C3H5O2Si/c4-6-2-3-1-5-3/h3H,1-2H2. The van der Waals surface area contributed by atoms with Crippen LogP contribution in [0.25, 0.3) is 0 Å². The van der Waals surface area contributed by atoms with Gasteiger partial charge in [0, 0.05) is 6.04 Å². The van der Waals surface area contributed by atoms with E-state index in [0.29, 0.717) is 6.10 Å². The molecule has 0 aromatic heterocycles. The zero-order valence-corrected chi connectivity index (χ0v) is 4.31. The van der Waals surface area contributed by atoms with Crippen LogP contribution >= 0.6 is 0 Å². The fourth-order valence-electron chi connectivity index (χ4n) is 0.279. The second-order valence-corrected chi connectivity index (χ2v) is 2.00. The minimum atomic E-state index is -0.174. The third-order valence-electron chi connectivity index (χ3n) is 0.713. The first-order chi connectivity index (χ1) is 2.93. The Labute approximate surface area is 38.4 Å². The molecule has 3 heteroatoms. The maximum Gasteiger partial charge on any atom is 0.328 e. The maximum absolute atomic E-state index is 9.73. The molecule has 1 heterocycles. The molecule has 6 heavy (non-hydrogen) atoms. The van der Waals surface area contributed by atoms with Gasteiger partial charge in [-0.15, -0.1) is 0 Å². The Balaban J connectivity index is 2.00. The van der Waals surface area contributed by atoms with Gasteiger partial charge in [0.05, 0.1) is 12.7 Å². The van der Waals surface area contributed by atoms with Gasteiger partial charge in [0.25, 0.3) is 0 Å². The molecular weight excluding hydrogens is 96.1 g/mol. The van der Waals surface area contributed by atoms with Crippen molar-refractivity contribution in [1.29, 1.82) is 0 Å². The lowest BCUT2D eigenvalue weighted by Gasteiger charge is -1.67. The highest BCUT2D eigenvalue weighted by Crippen LogP contribution is 2.10. The Hall–Kier alpha value is -0.0231. The molecule has 0 N–H and O–H groups in total. The highest BCUT2D eigenvalue weighted by atomic mass is 28.2. The third-order valence-corrected chi connectivity index (χ3v) is 1.34. The number of rotatable bonds is 2. The normalized spacial score (nSPS) is 29.7. The lowest BCUT2D eigenvalue weighted by Crippen LogP contribution is -1.82. The summed E-state index contributed by atoms with van der Waals surface area (Å²) in [5.41, 5.74) is 0. The lowest BCUT2D eigenvalue weighted by molar-refractivity contribution is 0.420. The molecule has 0 aromatic rings.